The summed E-state index contributed by atoms with van der Waals surface area (Å²) in [5.74, 6) is -0.120. The van der Waals surface area contributed by atoms with Crippen molar-refractivity contribution in [3.63, 3.8) is 0 Å². The van der Waals surface area contributed by atoms with Gasteiger partial charge in [0.15, 0.2) is 0 Å². The summed E-state index contributed by atoms with van der Waals surface area (Å²) in [7, 11) is 0. The number of rotatable bonds is 7. The second-order valence-corrected chi connectivity index (χ2v) is 5.94. The van der Waals surface area contributed by atoms with E-state index >= 15 is 0 Å². The number of amides is 1. The molecule has 2 N–H and O–H groups in total. The Morgan fingerprint density at radius 2 is 1.46 bits per heavy atom. The van der Waals surface area contributed by atoms with Crippen LogP contribution < -0.4 is 10.2 Å². The molecule has 3 aromatic rings. The van der Waals surface area contributed by atoms with Crippen LogP contribution in [0.2, 0.25) is 0 Å². The molecular weight excluding hydrogens is 324 g/mol. The minimum Gasteiger partial charge on any atom is -0.395 e. The number of anilines is 2. The first-order valence-corrected chi connectivity index (χ1v) is 8.63. The summed E-state index contributed by atoms with van der Waals surface area (Å²) in [6, 6.07) is 27.4. The van der Waals surface area contributed by atoms with E-state index in [1.165, 1.54) is 0 Å². The lowest BCUT2D eigenvalue weighted by atomic mass is 10.0. The van der Waals surface area contributed by atoms with Gasteiger partial charge in [-0.1, -0.05) is 66.7 Å². The van der Waals surface area contributed by atoms with Crippen LogP contribution in [-0.2, 0) is 4.79 Å². The molecule has 0 fully saturated rings. The van der Waals surface area contributed by atoms with Crippen LogP contribution in [0.1, 0.15) is 0 Å². The average Bonchev–Trinajstić information content (AvgIpc) is 2.69. The lowest BCUT2D eigenvalue weighted by molar-refractivity contribution is -0.115. The van der Waals surface area contributed by atoms with E-state index in [-0.39, 0.29) is 19.1 Å². The zero-order chi connectivity index (χ0) is 18.2. The van der Waals surface area contributed by atoms with Crippen molar-refractivity contribution >= 4 is 17.3 Å². The maximum Gasteiger partial charge on any atom is 0.243 e. The highest BCUT2D eigenvalue weighted by Gasteiger charge is 2.13. The van der Waals surface area contributed by atoms with Crippen molar-refractivity contribution in [2.24, 2.45) is 0 Å². The van der Waals surface area contributed by atoms with E-state index in [1.54, 1.807) is 0 Å². The second-order valence-electron chi connectivity index (χ2n) is 5.94. The Morgan fingerprint density at radius 3 is 2.15 bits per heavy atom. The number of nitrogens with zero attached hydrogens (tertiary/aromatic N) is 1. The average molecular weight is 346 g/mol. The molecule has 0 aliphatic carbocycles. The molecule has 3 rings (SSSR count). The number of carbonyl (C=O) groups is 1. The fourth-order valence-corrected chi connectivity index (χ4v) is 2.88. The number of aliphatic hydroxyl groups is 1. The van der Waals surface area contributed by atoms with Crippen LogP contribution in [-0.4, -0.2) is 30.7 Å². The van der Waals surface area contributed by atoms with Crippen LogP contribution in [0, 0.1) is 0 Å². The Balaban J connectivity index is 1.76. The van der Waals surface area contributed by atoms with Crippen molar-refractivity contribution in [2.45, 2.75) is 0 Å². The van der Waals surface area contributed by atoms with Gasteiger partial charge in [-0.15, -0.1) is 0 Å². The topological polar surface area (TPSA) is 52.6 Å². The molecule has 4 nitrogen and oxygen atoms in total. The van der Waals surface area contributed by atoms with E-state index in [4.69, 9.17) is 0 Å². The summed E-state index contributed by atoms with van der Waals surface area (Å²) in [6.07, 6.45) is 0. The van der Waals surface area contributed by atoms with Gasteiger partial charge < -0.3 is 15.3 Å². The van der Waals surface area contributed by atoms with Crippen molar-refractivity contribution in [1.29, 1.82) is 0 Å². The van der Waals surface area contributed by atoms with Gasteiger partial charge in [0.05, 0.1) is 13.2 Å². The van der Waals surface area contributed by atoms with Crippen molar-refractivity contribution in [2.75, 3.05) is 29.9 Å². The molecule has 1 amide bonds. The summed E-state index contributed by atoms with van der Waals surface area (Å²) < 4.78 is 0. The van der Waals surface area contributed by atoms with E-state index in [0.29, 0.717) is 6.54 Å². The molecule has 0 heterocycles. The van der Waals surface area contributed by atoms with Gasteiger partial charge in [-0.3, -0.25) is 4.79 Å². The molecule has 132 valence electrons. The summed E-state index contributed by atoms with van der Waals surface area (Å²) in [4.78, 5) is 14.5. The Kier molecular flexibility index (Phi) is 6.01. The Bertz CT molecular complexity index is 835. The summed E-state index contributed by atoms with van der Waals surface area (Å²) >= 11 is 0. The third-order valence-corrected chi connectivity index (χ3v) is 4.11. The van der Waals surface area contributed by atoms with Gasteiger partial charge in [0.25, 0.3) is 0 Å². The Hall–Kier alpha value is -3.11. The van der Waals surface area contributed by atoms with Gasteiger partial charge in [0, 0.05) is 23.5 Å². The molecule has 0 aromatic heterocycles. The van der Waals surface area contributed by atoms with E-state index in [9.17, 15) is 9.90 Å². The molecule has 0 atom stereocenters. The molecule has 0 aliphatic heterocycles. The minimum absolute atomic E-state index is 0.0111. The van der Waals surface area contributed by atoms with Crippen LogP contribution in [0.3, 0.4) is 0 Å². The summed E-state index contributed by atoms with van der Waals surface area (Å²) in [5.41, 5.74) is 3.72. The minimum atomic E-state index is -0.120. The SMILES string of the molecule is O=C(CN(CCO)c1ccccc1)Nc1ccccc1-c1ccccc1. The molecule has 0 aliphatic rings. The van der Waals surface area contributed by atoms with Crippen molar-refractivity contribution in [3.05, 3.63) is 84.9 Å². The molecule has 0 saturated heterocycles. The number of aliphatic hydroxyl groups excluding tert-OH is 1. The molecular formula is C22H22N2O2. The molecule has 0 radical (unpaired) electrons. The van der Waals surface area contributed by atoms with Crippen molar-refractivity contribution in [1.82, 2.24) is 0 Å². The van der Waals surface area contributed by atoms with E-state index in [2.05, 4.69) is 5.32 Å². The Morgan fingerprint density at radius 1 is 0.846 bits per heavy atom. The van der Waals surface area contributed by atoms with Gasteiger partial charge in [0.1, 0.15) is 0 Å². The largest absolute Gasteiger partial charge is 0.395 e. The maximum absolute atomic E-state index is 12.6. The summed E-state index contributed by atoms with van der Waals surface area (Å²) in [6.45, 7) is 0.564. The number of para-hydroxylation sites is 2. The lowest BCUT2D eigenvalue weighted by Gasteiger charge is -2.23. The quantitative estimate of drug-likeness (QED) is 0.684. The number of benzene rings is 3. The van der Waals surface area contributed by atoms with Crippen LogP contribution in [0.25, 0.3) is 11.1 Å². The fraction of sp³-hybridized carbons (Fsp3) is 0.136. The second kappa shape index (κ2) is 8.83. The molecule has 3 aromatic carbocycles. The fourth-order valence-electron chi connectivity index (χ4n) is 2.88. The monoisotopic (exact) mass is 346 g/mol. The van der Waals surface area contributed by atoms with E-state index in [1.807, 2.05) is 89.8 Å². The number of nitrogens with one attached hydrogen (secondary N) is 1. The van der Waals surface area contributed by atoms with Crippen molar-refractivity contribution < 1.29 is 9.90 Å². The first-order chi connectivity index (χ1) is 12.8. The van der Waals surface area contributed by atoms with Gasteiger partial charge in [-0.2, -0.15) is 0 Å². The van der Waals surface area contributed by atoms with Gasteiger partial charge in [-0.05, 0) is 23.8 Å². The lowest BCUT2D eigenvalue weighted by Crippen LogP contribution is -2.35. The number of hydrogen-bond donors (Lipinski definition) is 2. The van der Waals surface area contributed by atoms with Crippen molar-refractivity contribution in [3.8, 4) is 11.1 Å². The molecule has 0 saturated carbocycles. The predicted molar refractivity (Wildman–Crippen MR) is 106 cm³/mol. The highest BCUT2D eigenvalue weighted by atomic mass is 16.3. The Labute approximate surface area is 153 Å². The number of carbonyl (C=O) groups excluding carboxylic acids is 1. The highest BCUT2D eigenvalue weighted by Crippen LogP contribution is 2.27. The molecule has 0 unspecified atom stereocenters. The molecule has 0 spiro atoms. The molecule has 26 heavy (non-hydrogen) atoms. The third kappa shape index (κ3) is 4.49. The van der Waals surface area contributed by atoms with Gasteiger partial charge in [0.2, 0.25) is 5.91 Å². The summed E-state index contributed by atoms with van der Waals surface area (Å²) in [5, 5.41) is 12.3. The van der Waals surface area contributed by atoms with Crippen LogP contribution in [0.15, 0.2) is 84.9 Å². The molecule has 4 heteroatoms. The first kappa shape index (κ1) is 17.7. The van der Waals surface area contributed by atoms with Crippen LogP contribution >= 0.6 is 0 Å². The maximum atomic E-state index is 12.6. The normalized spacial score (nSPS) is 10.3. The van der Waals surface area contributed by atoms with Gasteiger partial charge in [-0.25, -0.2) is 0 Å². The third-order valence-electron chi connectivity index (χ3n) is 4.11. The highest BCUT2D eigenvalue weighted by molar-refractivity contribution is 5.97. The number of hydrogen-bond acceptors (Lipinski definition) is 3. The van der Waals surface area contributed by atoms with Gasteiger partial charge >= 0.3 is 0 Å². The standard InChI is InChI=1S/C22H22N2O2/c25-16-15-24(19-11-5-2-6-12-19)17-22(26)23-21-14-8-7-13-20(21)18-9-3-1-4-10-18/h1-14,25H,15-17H2,(H,23,26). The molecule has 0 bridgehead atoms. The van der Waals surface area contributed by atoms with E-state index in [0.717, 1.165) is 22.5 Å². The van der Waals surface area contributed by atoms with Crippen LogP contribution in [0.4, 0.5) is 11.4 Å². The van der Waals surface area contributed by atoms with E-state index < -0.39 is 0 Å². The van der Waals surface area contributed by atoms with Crippen LogP contribution in [0.5, 0.6) is 0 Å². The predicted octanol–water partition coefficient (Wildman–Crippen LogP) is 3.79. The smallest absolute Gasteiger partial charge is 0.243 e. The zero-order valence-electron chi connectivity index (χ0n) is 14.5. The zero-order valence-corrected chi connectivity index (χ0v) is 14.5. The first-order valence-electron chi connectivity index (χ1n) is 8.63.